The van der Waals surface area contributed by atoms with E-state index in [1.807, 2.05) is 48.5 Å². The summed E-state index contributed by atoms with van der Waals surface area (Å²) in [6, 6.07) is 19.3. The lowest BCUT2D eigenvalue weighted by molar-refractivity contribution is 0.484. The Morgan fingerprint density at radius 3 is 1.96 bits per heavy atom. The van der Waals surface area contributed by atoms with Crippen molar-refractivity contribution in [3.05, 3.63) is 76.8 Å². The lowest BCUT2D eigenvalue weighted by Gasteiger charge is -2.14. The molecule has 1 aromatic heterocycles. The topological polar surface area (TPSA) is 46.0 Å². The molecule has 5 rings (SSSR count). The predicted molar refractivity (Wildman–Crippen MR) is 116 cm³/mol. The van der Waals surface area contributed by atoms with Gasteiger partial charge in [-0.3, -0.25) is 0 Å². The number of aromatic nitrogens is 2. The van der Waals surface area contributed by atoms with Crippen LogP contribution in [0, 0.1) is 13.8 Å². The Balaban J connectivity index is 2.01. The minimum atomic E-state index is 0.211. The first-order valence-corrected chi connectivity index (χ1v) is 9.49. The summed E-state index contributed by atoms with van der Waals surface area (Å²) < 4.78 is 0. The van der Waals surface area contributed by atoms with E-state index in [9.17, 15) is 5.11 Å². The van der Waals surface area contributed by atoms with Crippen molar-refractivity contribution >= 4 is 44.4 Å². The van der Waals surface area contributed by atoms with Crippen LogP contribution in [-0.2, 0) is 0 Å². The third-order valence-electron chi connectivity index (χ3n) is 5.32. The van der Waals surface area contributed by atoms with Gasteiger partial charge in [0.2, 0.25) is 0 Å². The first-order valence-electron chi connectivity index (χ1n) is 9.11. The van der Waals surface area contributed by atoms with Crippen LogP contribution in [0.5, 0.6) is 5.75 Å². The molecule has 0 radical (unpaired) electrons. The van der Waals surface area contributed by atoms with Crippen molar-refractivity contribution in [1.29, 1.82) is 0 Å². The van der Waals surface area contributed by atoms with Crippen LogP contribution in [0.15, 0.2) is 60.7 Å². The highest BCUT2D eigenvalue weighted by Crippen LogP contribution is 2.42. The average Bonchev–Trinajstić information content (AvgIpc) is 2.70. The monoisotopic (exact) mass is 384 g/mol. The van der Waals surface area contributed by atoms with Crippen molar-refractivity contribution in [2.24, 2.45) is 0 Å². The fraction of sp³-hybridized carbons (Fsp3) is 0.0833. The molecule has 4 aromatic carbocycles. The quantitative estimate of drug-likeness (QED) is 0.262. The van der Waals surface area contributed by atoms with E-state index in [1.165, 1.54) is 11.1 Å². The molecule has 0 atom stereocenters. The Kier molecular flexibility index (Phi) is 3.74. The summed E-state index contributed by atoms with van der Waals surface area (Å²) in [5.41, 5.74) is 7.03. The van der Waals surface area contributed by atoms with E-state index in [-0.39, 0.29) is 5.75 Å². The largest absolute Gasteiger partial charge is 0.507 e. The molecular weight excluding hydrogens is 368 g/mol. The molecule has 4 heteroatoms. The first-order chi connectivity index (χ1) is 13.5. The maximum atomic E-state index is 11.1. The molecule has 0 fully saturated rings. The zero-order valence-electron chi connectivity index (χ0n) is 15.5. The molecule has 0 bridgehead atoms. The highest BCUT2D eigenvalue weighted by Gasteiger charge is 2.18. The van der Waals surface area contributed by atoms with Crippen LogP contribution in [-0.4, -0.2) is 15.1 Å². The SMILES string of the molecule is Cc1cc2nc3c(-c4ccc(Cl)cc4)c(O)c4ccccc4c3nc2cc1C. The van der Waals surface area contributed by atoms with Crippen molar-refractivity contribution in [2.45, 2.75) is 13.8 Å². The van der Waals surface area contributed by atoms with Crippen molar-refractivity contribution in [1.82, 2.24) is 9.97 Å². The molecule has 1 heterocycles. The van der Waals surface area contributed by atoms with Gasteiger partial charge in [-0.2, -0.15) is 0 Å². The third-order valence-corrected chi connectivity index (χ3v) is 5.58. The van der Waals surface area contributed by atoms with E-state index in [4.69, 9.17) is 21.6 Å². The van der Waals surface area contributed by atoms with Gasteiger partial charge in [0.15, 0.2) is 0 Å². The standard InChI is InChI=1S/C24H17ClN2O/c1-13-11-19-20(12-14(13)2)27-23-21(15-7-9-16(25)10-8-15)24(28)18-6-4-3-5-17(18)22(23)26-19/h3-12,28H,1-2H3. The second-order valence-electron chi connectivity index (χ2n) is 7.12. The maximum absolute atomic E-state index is 11.1. The Morgan fingerprint density at radius 2 is 1.32 bits per heavy atom. The number of aryl methyl sites for hydroxylation is 2. The highest BCUT2D eigenvalue weighted by molar-refractivity contribution is 6.30. The maximum Gasteiger partial charge on any atom is 0.133 e. The summed E-state index contributed by atoms with van der Waals surface area (Å²) in [7, 11) is 0. The lowest BCUT2D eigenvalue weighted by Crippen LogP contribution is -1.95. The van der Waals surface area contributed by atoms with Crippen LogP contribution >= 0.6 is 11.6 Å². The molecule has 0 aliphatic heterocycles. The Morgan fingerprint density at radius 1 is 0.750 bits per heavy atom. The summed E-state index contributed by atoms with van der Waals surface area (Å²) >= 11 is 6.07. The smallest absolute Gasteiger partial charge is 0.133 e. The summed E-state index contributed by atoms with van der Waals surface area (Å²) in [6.07, 6.45) is 0. The Hall–Kier alpha value is -3.17. The van der Waals surface area contributed by atoms with Gasteiger partial charge in [0.1, 0.15) is 11.3 Å². The van der Waals surface area contributed by atoms with Gasteiger partial charge >= 0.3 is 0 Å². The number of hydrogen-bond donors (Lipinski definition) is 1. The molecule has 28 heavy (non-hydrogen) atoms. The molecule has 0 saturated carbocycles. The van der Waals surface area contributed by atoms with E-state index < -0.39 is 0 Å². The Labute approximate surface area is 167 Å². The highest BCUT2D eigenvalue weighted by atomic mass is 35.5. The van der Waals surface area contributed by atoms with Gasteiger partial charge in [0.05, 0.1) is 22.1 Å². The fourth-order valence-corrected chi connectivity index (χ4v) is 3.83. The van der Waals surface area contributed by atoms with Gasteiger partial charge in [-0.15, -0.1) is 0 Å². The van der Waals surface area contributed by atoms with Crippen LogP contribution < -0.4 is 0 Å². The van der Waals surface area contributed by atoms with Crippen molar-refractivity contribution in [3.63, 3.8) is 0 Å². The average molecular weight is 385 g/mol. The predicted octanol–water partition coefficient (Wildman–Crippen LogP) is 6.58. The van der Waals surface area contributed by atoms with Crippen LogP contribution in [0.2, 0.25) is 5.02 Å². The number of benzene rings is 4. The van der Waals surface area contributed by atoms with Crippen LogP contribution in [0.1, 0.15) is 11.1 Å². The van der Waals surface area contributed by atoms with E-state index in [0.29, 0.717) is 16.1 Å². The zero-order chi connectivity index (χ0) is 19.4. The van der Waals surface area contributed by atoms with Crippen LogP contribution in [0.3, 0.4) is 0 Å². The van der Waals surface area contributed by atoms with Gasteiger partial charge in [0, 0.05) is 15.8 Å². The number of phenols is 1. The fourth-order valence-electron chi connectivity index (χ4n) is 3.71. The van der Waals surface area contributed by atoms with Crippen LogP contribution in [0.25, 0.3) is 44.0 Å². The van der Waals surface area contributed by atoms with Gasteiger partial charge in [-0.1, -0.05) is 48.0 Å². The van der Waals surface area contributed by atoms with Crippen molar-refractivity contribution < 1.29 is 5.11 Å². The molecular formula is C24H17ClN2O. The molecule has 1 N–H and O–H groups in total. The molecule has 0 unspecified atom stereocenters. The second-order valence-corrected chi connectivity index (χ2v) is 7.56. The first kappa shape index (κ1) is 17.0. The molecule has 0 saturated heterocycles. The minimum absolute atomic E-state index is 0.211. The number of hydrogen-bond acceptors (Lipinski definition) is 3. The summed E-state index contributed by atoms with van der Waals surface area (Å²) in [5.74, 6) is 0.211. The van der Waals surface area contributed by atoms with Gasteiger partial charge in [-0.25, -0.2) is 9.97 Å². The van der Waals surface area contributed by atoms with E-state index >= 15 is 0 Å². The normalized spacial score (nSPS) is 11.5. The van der Waals surface area contributed by atoms with Crippen LogP contribution in [0.4, 0.5) is 0 Å². The molecule has 3 nitrogen and oxygen atoms in total. The molecule has 0 aliphatic carbocycles. The molecule has 0 amide bonds. The van der Waals surface area contributed by atoms with E-state index in [1.54, 1.807) is 0 Å². The number of nitrogens with zero attached hydrogens (tertiary/aromatic N) is 2. The third kappa shape index (κ3) is 2.51. The zero-order valence-corrected chi connectivity index (χ0v) is 16.2. The summed E-state index contributed by atoms with van der Waals surface area (Å²) in [6.45, 7) is 4.15. The molecule has 136 valence electrons. The van der Waals surface area contributed by atoms with Gasteiger partial charge < -0.3 is 5.11 Å². The van der Waals surface area contributed by atoms with E-state index in [0.717, 1.165) is 32.9 Å². The number of rotatable bonds is 1. The molecule has 5 aromatic rings. The molecule has 0 aliphatic rings. The van der Waals surface area contributed by atoms with E-state index in [2.05, 4.69) is 26.0 Å². The number of phenolic OH excluding ortho intramolecular Hbond substituents is 1. The Bertz CT molecular complexity index is 1390. The lowest BCUT2D eigenvalue weighted by atomic mass is 9.96. The number of aromatic hydroxyl groups is 1. The number of halogens is 1. The van der Waals surface area contributed by atoms with Gasteiger partial charge in [0.25, 0.3) is 0 Å². The number of fused-ring (bicyclic) bond motifs is 4. The van der Waals surface area contributed by atoms with Crippen molar-refractivity contribution in [2.75, 3.05) is 0 Å². The summed E-state index contributed by atoms with van der Waals surface area (Å²) in [4.78, 5) is 9.89. The van der Waals surface area contributed by atoms with Crippen molar-refractivity contribution in [3.8, 4) is 16.9 Å². The second kappa shape index (κ2) is 6.18. The van der Waals surface area contributed by atoms with Gasteiger partial charge in [-0.05, 0) is 54.8 Å². The molecule has 0 spiro atoms. The minimum Gasteiger partial charge on any atom is -0.507 e. The summed E-state index contributed by atoms with van der Waals surface area (Å²) in [5, 5.41) is 13.4.